The SMILES string of the molecule is Cc1nn(C)c(C)c1CN=C(N)NCCc1cccs1. The van der Waals surface area contributed by atoms with Crippen LogP contribution in [0.3, 0.4) is 0 Å². The molecule has 2 aromatic heterocycles. The van der Waals surface area contributed by atoms with Crippen molar-refractivity contribution in [2.45, 2.75) is 26.8 Å². The molecule has 0 saturated carbocycles. The molecule has 0 spiro atoms. The number of nitrogens with zero attached hydrogens (tertiary/aromatic N) is 3. The average molecular weight is 291 g/mol. The lowest BCUT2D eigenvalue weighted by molar-refractivity contribution is 0.730. The van der Waals surface area contributed by atoms with E-state index in [2.05, 4.69) is 32.9 Å². The molecule has 20 heavy (non-hydrogen) atoms. The molecule has 0 fully saturated rings. The predicted molar refractivity (Wildman–Crippen MR) is 84.0 cm³/mol. The van der Waals surface area contributed by atoms with Crippen LogP contribution in [0.25, 0.3) is 0 Å². The quantitative estimate of drug-likeness (QED) is 0.651. The summed E-state index contributed by atoms with van der Waals surface area (Å²) in [6, 6.07) is 4.19. The van der Waals surface area contributed by atoms with Crippen LogP contribution in [0.1, 0.15) is 21.8 Å². The minimum absolute atomic E-state index is 0.490. The summed E-state index contributed by atoms with van der Waals surface area (Å²) in [5.41, 5.74) is 9.18. The summed E-state index contributed by atoms with van der Waals surface area (Å²) < 4.78 is 1.88. The average Bonchev–Trinajstić information content (AvgIpc) is 2.98. The molecule has 0 unspecified atom stereocenters. The number of hydrogen-bond donors (Lipinski definition) is 2. The second-order valence-electron chi connectivity index (χ2n) is 4.73. The van der Waals surface area contributed by atoms with Crippen LogP contribution < -0.4 is 11.1 Å². The van der Waals surface area contributed by atoms with E-state index in [1.54, 1.807) is 11.3 Å². The van der Waals surface area contributed by atoms with Gasteiger partial charge in [0, 0.05) is 29.7 Å². The summed E-state index contributed by atoms with van der Waals surface area (Å²) in [5, 5.41) is 9.60. The number of guanidine groups is 1. The Labute approximate surface area is 123 Å². The molecule has 0 radical (unpaired) electrons. The van der Waals surface area contributed by atoms with E-state index in [1.807, 2.05) is 25.6 Å². The number of aliphatic imine (C=N–C) groups is 1. The number of rotatable bonds is 5. The molecule has 2 rings (SSSR count). The first-order valence-corrected chi connectivity index (χ1v) is 7.51. The molecule has 2 aromatic rings. The van der Waals surface area contributed by atoms with Crippen molar-refractivity contribution in [3.05, 3.63) is 39.3 Å². The first kappa shape index (κ1) is 14.6. The maximum absolute atomic E-state index is 5.88. The van der Waals surface area contributed by atoms with Gasteiger partial charge in [0.15, 0.2) is 5.96 Å². The highest BCUT2D eigenvalue weighted by molar-refractivity contribution is 7.09. The second kappa shape index (κ2) is 6.56. The smallest absolute Gasteiger partial charge is 0.188 e. The number of thiophene rings is 1. The number of nitrogens with one attached hydrogen (secondary N) is 1. The number of aryl methyl sites for hydroxylation is 2. The van der Waals surface area contributed by atoms with Gasteiger partial charge in [0.25, 0.3) is 0 Å². The Morgan fingerprint density at radius 3 is 2.90 bits per heavy atom. The lowest BCUT2D eigenvalue weighted by atomic mass is 10.2. The summed E-state index contributed by atoms with van der Waals surface area (Å²) in [4.78, 5) is 5.73. The molecule has 0 aromatic carbocycles. The Morgan fingerprint density at radius 2 is 2.30 bits per heavy atom. The summed E-state index contributed by atoms with van der Waals surface area (Å²) in [5.74, 6) is 0.490. The van der Waals surface area contributed by atoms with Gasteiger partial charge in [-0.25, -0.2) is 4.99 Å². The fourth-order valence-electron chi connectivity index (χ4n) is 2.04. The third kappa shape index (κ3) is 3.60. The van der Waals surface area contributed by atoms with E-state index in [9.17, 15) is 0 Å². The van der Waals surface area contributed by atoms with Crippen molar-refractivity contribution in [2.75, 3.05) is 6.54 Å². The van der Waals surface area contributed by atoms with Gasteiger partial charge in [-0.15, -0.1) is 11.3 Å². The van der Waals surface area contributed by atoms with Crippen molar-refractivity contribution in [1.29, 1.82) is 0 Å². The van der Waals surface area contributed by atoms with Gasteiger partial charge in [-0.05, 0) is 31.7 Å². The largest absolute Gasteiger partial charge is 0.370 e. The molecular weight excluding hydrogens is 270 g/mol. The van der Waals surface area contributed by atoms with Crippen molar-refractivity contribution in [3.8, 4) is 0 Å². The monoisotopic (exact) mass is 291 g/mol. The van der Waals surface area contributed by atoms with E-state index in [0.29, 0.717) is 12.5 Å². The minimum atomic E-state index is 0.490. The number of nitrogens with two attached hydrogens (primary N) is 1. The van der Waals surface area contributed by atoms with Crippen LogP contribution in [0, 0.1) is 13.8 Å². The van der Waals surface area contributed by atoms with Crippen molar-refractivity contribution in [2.24, 2.45) is 17.8 Å². The second-order valence-corrected chi connectivity index (χ2v) is 5.76. The van der Waals surface area contributed by atoms with Crippen LogP contribution in [0.15, 0.2) is 22.5 Å². The molecule has 0 amide bonds. The standard InChI is InChI=1S/C14H21N5S/c1-10-13(11(2)19(3)18-10)9-17-14(15)16-7-6-12-5-4-8-20-12/h4-5,8H,6-7,9H2,1-3H3,(H3,15,16,17). The fourth-order valence-corrected chi connectivity index (χ4v) is 2.74. The van der Waals surface area contributed by atoms with Crippen LogP contribution >= 0.6 is 11.3 Å². The Hall–Kier alpha value is -1.82. The molecule has 2 heterocycles. The van der Waals surface area contributed by atoms with E-state index >= 15 is 0 Å². The Bertz CT molecular complexity index is 583. The van der Waals surface area contributed by atoms with Gasteiger partial charge in [-0.1, -0.05) is 6.07 Å². The minimum Gasteiger partial charge on any atom is -0.370 e. The highest BCUT2D eigenvalue weighted by Crippen LogP contribution is 2.12. The van der Waals surface area contributed by atoms with Gasteiger partial charge < -0.3 is 11.1 Å². The van der Waals surface area contributed by atoms with Crippen LogP contribution in [0.2, 0.25) is 0 Å². The zero-order valence-electron chi connectivity index (χ0n) is 12.2. The molecule has 5 nitrogen and oxygen atoms in total. The highest BCUT2D eigenvalue weighted by atomic mass is 32.1. The van der Waals surface area contributed by atoms with Gasteiger partial charge in [0.1, 0.15) is 0 Å². The van der Waals surface area contributed by atoms with Crippen LogP contribution in [0.4, 0.5) is 0 Å². The van der Waals surface area contributed by atoms with Gasteiger partial charge in [0.2, 0.25) is 0 Å². The third-order valence-corrected chi connectivity index (χ3v) is 4.26. The van der Waals surface area contributed by atoms with Gasteiger partial charge in [-0.2, -0.15) is 5.10 Å². The molecule has 0 aliphatic heterocycles. The van der Waals surface area contributed by atoms with Crippen LogP contribution in [-0.4, -0.2) is 22.3 Å². The maximum Gasteiger partial charge on any atom is 0.188 e. The molecular formula is C14H21N5S. The molecule has 108 valence electrons. The van der Waals surface area contributed by atoms with E-state index in [-0.39, 0.29) is 0 Å². The van der Waals surface area contributed by atoms with E-state index in [4.69, 9.17) is 5.73 Å². The number of aromatic nitrogens is 2. The Balaban J connectivity index is 1.84. The first-order valence-electron chi connectivity index (χ1n) is 6.63. The normalized spacial score (nSPS) is 11.8. The zero-order valence-corrected chi connectivity index (χ0v) is 13.0. The van der Waals surface area contributed by atoms with Crippen molar-refractivity contribution >= 4 is 17.3 Å². The lowest BCUT2D eigenvalue weighted by Gasteiger charge is -2.05. The molecule has 0 aliphatic carbocycles. The Kier molecular flexibility index (Phi) is 4.79. The van der Waals surface area contributed by atoms with Crippen molar-refractivity contribution in [1.82, 2.24) is 15.1 Å². The molecule has 0 aliphatic rings. The first-order chi connectivity index (χ1) is 9.58. The summed E-state index contributed by atoms with van der Waals surface area (Å²) >= 11 is 1.76. The molecule has 0 atom stereocenters. The topological polar surface area (TPSA) is 68.2 Å². The van der Waals surface area contributed by atoms with Gasteiger partial charge in [0.05, 0.1) is 12.2 Å². The molecule has 6 heteroatoms. The van der Waals surface area contributed by atoms with Gasteiger partial charge in [-0.3, -0.25) is 4.68 Å². The van der Waals surface area contributed by atoms with Crippen molar-refractivity contribution in [3.63, 3.8) is 0 Å². The van der Waals surface area contributed by atoms with Crippen molar-refractivity contribution < 1.29 is 0 Å². The molecule has 0 saturated heterocycles. The fraction of sp³-hybridized carbons (Fsp3) is 0.429. The van der Waals surface area contributed by atoms with Crippen LogP contribution in [0.5, 0.6) is 0 Å². The number of hydrogen-bond acceptors (Lipinski definition) is 3. The summed E-state index contributed by atoms with van der Waals surface area (Å²) in [6.07, 6.45) is 0.971. The summed E-state index contributed by atoms with van der Waals surface area (Å²) in [7, 11) is 1.94. The third-order valence-electron chi connectivity index (χ3n) is 3.32. The maximum atomic E-state index is 5.88. The molecule has 0 bridgehead atoms. The van der Waals surface area contributed by atoms with E-state index < -0.39 is 0 Å². The van der Waals surface area contributed by atoms with Crippen LogP contribution in [-0.2, 0) is 20.0 Å². The predicted octanol–water partition coefficient (Wildman–Crippen LogP) is 1.75. The van der Waals surface area contributed by atoms with Gasteiger partial charge >= 0.3 is 0 Å². The Morgan fingerprint density at radius 1 is 1.50 bits per heavy atom. The lowest BCUT2D eigenvalue weighted by Crippen LogP contribution is -2.33. The molecule has 3 N–H and O–H groups in total. The summed E-state index contributed by atoms with van der Waals surface area (Å²) in [6.45, 7) is 5.42. The highest BCUT2D eigenvalue weighted by Gasteiger charge is 2.08. The van der Waals surface area contributed by atoms with E-state index in [1.165, 1.54) is 4.88 Å². The van der Waals surface area contributed by atoms with E-state index in [0.717, 1.165) is 29.9 Å². The zero-order chi connectivity index (χ0) is 14.5.